The number of hydrogen-bond acceptors (Lipinski definition) is 7. The molecule has 2 aromatic carbocycles. The third-order valence-electron chi connectivity index (χ3n) is 4.31. The van der Waals surface area contributed by atoms with E-state index in [-0.39, 0.29) is 17.0 Å². The molecule has 4 aromatic rings. The van der Waals surface area contributed by atoms with E-state index in [1.54, 1.807) is 19.2 Å². The number of aryl methyl sites for hydroxylation is 1. The minimum atomic E-state index is -0.610. The maximum Gasteiger partial charge on any atom is 0.284 e. The van der Waals surface area contributed by atoms with E-state index in [1.165, 1.54) is 18.0 Å². The zero-order chi connectivity index (χ0) is 20.9. The van der Waals surface area contributed by atoms with Crippen LogP contribution in [0.1, 0.15) is 16.4 Å². The van der Waals surface area contributed by atoms with Crippen molar-refractivity contribution in [1.82, 2.24) is 10.2 Å². The Labute approximate surface area is 177 Å². The van der Waals surface area contributed by atoms with Crippen LogP contribution in [0.2, 0.25) is 0 Å². The lowest BCUT2D eigenvalue weighted by Crippen LogP contribution is -2.19. The van der Waals surface area contributed by atoms with E-state index in [4.69, 9.17) is 13.6 Å². The van der Waals surface area contributed by atoms with Crippen molar-refractivity contribution in [3.05, 3.63) is 78.1 Å². The number of benzene rings is 2. The number of carbonyl (C=O) groups is 1. The monoisotopic (exact) mass is 421 g/mol. The number of anilines is 1. The van der Waals surface area contributed by atoms with Crippen molar-refractivity contribution in [3.63, 3.8) is 0 Å². The number of hydrogen-bond donors (Lipinski definition) is 1. The van der Waals surface area contributed by atoms with Crippen molar-refractivity contribution in [2.24, 2.45) is 0 Å². The molecule has 0 aliphatic rings. The van der Waals surface area contributed by atoms with Gasteiger partial charge in [-0.1, -0.05) is 36.4 Å². The first kappa shape index (κ1) is 19.8. The number of nitrogens with one attached hydrogen (secondary N) is 1. The smallest absolute Gasteiger partial charge is 0.284 e. The van der Waals surface area contributed by atoms with Gasteiger partial charge in [-0.2, -0.15) is 0 Å². The molecule has 0 fully saturated rings. The van der Waals surface area contributed by atoms with Gasteiger partial charge >= 0.3 is 0 Å². The Hall–Kier alpha value is -3.52. The summed E-state index contributed by atoms with van der Waals surface area (Å²) in [7, 11) is 1.57. The second-order valence-electron chi connectivity index (χ2n) is 6.45. The fourth-order valence-corrected chi connectivity index (χ4v) is 3.75. The predicted octanol–water partition coefficient (Wildman–Crippen LogP) is 5.12. The van der Waals surface area contributed by atoms with Gasteiger partial charge in [0.25, 0.3) is 11.1 Å². The highest BCUT2D eigenvalue weighted by atomic mass is 32.2. The van der Waals surface area contributed by atoms with Crippen molar-refractivity contribution < 1.29 is 18.4 Å². The summed E-state index contributed by atoms with van der Waals surface area (Å²) in [6.45, 7) is 1.95. The van der Waals surface area contributed by atoms with E-state index >= 15 is 0 Å². The lowest BCUT2D eigenvalue weighted by Gasteiger charge is -2.17. The van der Waals surface area contributed by atoms with Gasteiger partial charge < -0.3 is 18.9 Å². The second kappa shape index (κ2) is 8.87. The largest absolute Gasteiger partial charge is 0.495 e. The molecule has 8 heteroatoms. The van der Waals surface area contributed by atoms with Crippen LogP contribution in [0.25, 0.3) is 11.7 Å². The highest BCUT2D eigenvalue weighted by molar-refractivity contribution is 8.00. The van der Waals surface area contributed by atoms with Crippen LogP contribution in [0.4, 0.5) is 5.69 Å². The summed E-state index contributed by atoms with van der Waals surface area (Å²) in [5, 5.41) is 10.7. The van der Waals surface area contributed by atoms with Gasteiger partial charge in [0.05, 0.1) is 19.1 Å². The summed E-state index contributed by atoms with van der Waals surface area (Å²) < 4.78 is 16.4. The Morgan fingerprint density at radius 1 is 1.10 bits per heavy atom. The van der Waals surface area contributed by atoms with E-state index in [2.05, 4.69) is 15.5 Å². The fourth-order valence-electron chi connectivity index (χ4n) is 2.88. The number of rotatable bonds is 7. The van der Waals surface area contributed by atoms with Gasteiger partial charge in [0.2, 0.25) is 5.91 Å². The summed E-state index contributed by atoms with van der Waals surface area (Å²) in [6.07, 6.45) is 1.53. The van der Waals surface area contributed by atoms with Gasteiger partial charge in [0.1, 0.15) is 11.0 Å². The summed E-state index contributed by atoms with van der Waals surface area (Å²) in [4.78, 5) is 13.2. The zero-order valence-corrected chi connectivity index (χ0v) is 17.2. The molecule has 0 spiro atoms. The van der Waals surface area contributed by atoms with Crippen LogP contribution in [-0.4, -0.2) is 23.2 Å². The van der Waals surface area contributed by atoms with Crippen LogP contribution >= 0.6 is 11.8 Å². The number of nitrogens with zero attached hydrogens (tertiary/aromatic N) is 2. The maximum atomic E-state index is 13.2. The number of thioether (sulfide) groups is 1. The van der Waals surface area contributed by atoms with Crippen molar-refractivity contribution in [1.29, 1.82) is 0 Å². The molecule has 1 atom stereocenters. The van der Waals surface area contributed by atoms with Crippen molar-refractivity contribution >= 4 is 23.4 Å². The van der Waals surface area contributed by atoms with Gasteiger partial charge in [-0.05, 0) is 54.1 Å². The molecule has 30 heavy (non-hydrogen) atoms. The fraction of sp³-hybridized carbons (Fsp3) is 0.136. The van der Waals surface area contributed by atoms with Crippen LogP contribution in [0.5, 0.6) is 5.75 Å². The van der Waals surface area contributed by atoms with Gasteiger partial charge in [0.15, 0.2) is 5.76 Å². The SMILES string of the molecule is COc1ccc(C)cc1NC(=O)[C@@H](Sc1nnc(-c2ccco2)o1)c1ccccc1. The minimum absolute atomic E-state index is 0.229. The molecule has 0 aliphatic carbocycles. The molecule has 1 amide bonds. The van der Waals surface area contributed by atoms with E-state index in [9.17, 15) is 4.79 Å². The van der Waals surface area contributed by atoms with Gasteiger partial charge in [0, 0.05) is 0 Å². The van der Waals surface area contributed by atoms with Crippen LogP contribution in [0, 0.1) is 6.92 Å². The molecule has 2 aromatic heterocycles. The highest BCUT2D eigenvalue weighted by Gasteiger charge is 2.26. The Balaban J connectivity index is 1.61. The molecule has 4 rings (SSSR count). The first-order chi connectivity index (χ1) is 14.6. The average molecular weight is 421 g/mol. The Morgan fingerprint density at radius 3 is 2.67 bits per heavy atom. The zero-order valence-electron chi connectivity index (χ0n) is 16.4. The van der Waals surface area contributed by atoms with Crippen molar-refractivity contribution in [2.45, 2.75) is 17.4 Å². The summed E-state index contributed by atoms with van der Waals surface area (Å²) >= 11 is 1.17. The molecular formula is C22H19N3O4S. The van der Waals surface area contributed by atoms with E-state index < -0.39 is 5.25 Å². The predicted molar refractivity (Wildman–Crippen MR) is 113 cm³/mol. The third kappa shape index (κ3) is 4.38. The van der Waals surface area contributed by atoms with E-state index in [0.717, 1.165) is 11.1 Å². The van der Waals surface area contributed by atoms with Gasteiger partial charge in [-0.15, -0.1) is 10.2 Å². The quantitative estimate of drug-likeness (QED) is 0.414. The molecule has 152 valence electrons. The summed E-state index contributed by atoms with van der Waals surface area (Å²) in [6, 6.07) is 18.5. The average Bonchev–Trinajstić information content (AvgIpc) is 3.45. The molecule has 0 saturated heterocycles. The van der Waals surface area contributed by atoms with Crippen LogP contribution < -0.4 is 10.1 Å². The van der Waals surface area contributed by atoms with Crippen LogP contribution in [0.15, 0.2) is 81.0 Å². The van der Waals surface area contributed by atoms with Crippen LogP contribution in [-0.2, 0) is 4.79 Å². The lowest BCUT2D eigenvalue weighted by molar-refractivity contribution is -0.115. The molecule has 7 nitrogen and oxygen atoms in total. The van der Waals surface area contributed by atoms with Crippen LogP contribution in [0.3, 0.4) is 0 Å². The maximum absolute atomic E-state index is 13.2. The van der Waals surface area contributed by atoms with Crippen molar-refractivity contribution in [3.8, 4) is 17.4 Å². The number of furan rings is 1. The third-order valence-corrected chi connectivity index (χ3v) is 5.40. The highest BCUT2D eigenvalue weighted by Crippen LogP contribution is 2.37. The summed E-state index contributed by atoms with van der Waals surface area (Å²) in [5.74, 6) is 1.09. The molecule has 0 unspecified atom stereocenters. The number of methoxy groups -OCH3 is 1. The minimum Gasteiger partial charge on any atom is -0.495 e. The molecule has 2 heterocycles. The summed E-state index contributed by atoms with van der Waals surface area (Å²) in [5.41, 5.74) is 2.42. The van der Waals surface area contributed by atoms with E-state index in [1.807, 2.05) is 55.5 Å². The van der Waals surface area contributed by atoms with E-state index in [0.29, 0.717) is 17.2 Å². The first-order valence-electron chi connectivity index (χ1n) is 9.18. The molecular weight excluding hydrogens is 402 g/mol. The van der Waals surface area contributed by atoms with Gasteiger partial charge in [-0.25, -0.2) is 0 Å². The molecule has 0 bridgehead atoms. The molecule has 0 saturated carbocycles. The van der Waals surface area contributed by atoms with Gasteiger partial charge in [-0.3, -0.25) is 4.79 Å². The lowest BCUT2D eigenvalue weighted by atomic mass is 10.1. The normalized spacial score (nSPS) is 11.8. The second-order valence-corrected chi connectivity index (χ2v) is 7.51. The first-order valence-corrected chi connectivity index (χ1v) is 10.1. The van der Waals surface area contributed by atoms with Crippen molar-refractivity contribution in [2.75, 3.05) is 12.4 Å². The molecule has 0 radical (unpaired) electrons. The number of ether oxygens (including phenoxy) is 1. The number of aromatic nitrogens is 2. The Morgan fingerprint density at radius 2 is 1.93 bits per heavy atom. The Bertz CT molecular complexity index is 1130. The molecule has 0 aliphatic heterocycles. The standard InChI is InChI=1S/C22H19N3O4S/c1-14-10-11-17(27-2)16(13-14)23-20(26)19(15-7-4-3-5-8-15)30-22-25-24-21(29-22)18-9-6-12-28-18/h3-13,19H,1-2H3,(H,23,26)/t19-/m0/s1. The number of amides is 1. The molecule has 1 N–H and O–H groups in total. The number of carbonyl (C=O) groups excluding carboxylic acids is 1. The Kier molecular flexibility index (Phi) is 5.85. The topological polar surface area (TPSA) is 90.4 Å².